The Morgan fingerprint density at radius 2 is 1.95 bits per heavy atom. The molecule has 3 nitrogen and oxygen atoms in total. The van der Waals surface area contributed by atoms with E-state index in [0.717, 1.165) is 6.07 Å². The Hall–Kier alpha value is -0.300. The molecule has 20 heavy (non-hydrogen) atoms. The quantitative estimate of drug-likeness (QED) is 0.795. The Bertz CT molecular complexity index is 584. The van der Waals surface area contributed by atoms with Crippen LogP contribution in [0.4, 0.5) is 4.39 Å². The molecule has 1 aliphatic rings. The Morgan fingerprint density at radius 1 is 1.35 bits per heavy atom. The summed E-state index contributed by atoms with van der Waals surface area (Å²) in [6.07, 6.45) is 0. The molecule has 1 saturated heterocycles. The largest absolute Gasteiger partial charge is 0.243 e. The van der Waals surface area contributed by atoms with Crippen LogP contribution in [0.1, 0.15) is 19.4 Å². The first-order valence-corrected chi connectivity index (χ1v) is 9.26. The minimum Gasteiger partial charge on any atom is -0.207 e. The molecular formula is C13H17ClFNO2S2. The average molecular weight is 338 g/mol. The zero-order valence-corrected chi connectivity index (χ0v) is 13.7. The number of hydrogen-bond donors (Lipinski definition) is 0. The molecular weight excluding hydrogens is 321 g/mol. The highest BCUT2D eigenvalue weighted by molar-refractivity contribution is 8.00. The van der Waals surface area contributed by atoms with Gasteiger partial charge in [0.1, 0.15) is 5.82 Å². The summed E-state index contributed by atoms with van der Waals surface area (Å²) in [7, 11) is -3.70. The van der Waals surface area contributed by atoms with Gasteiger partial charge in [-0.05, 0) is 17.7 Å². The molecule has 112 valence electrons. The van der Waals surface area contributed by atoms with Crippen LogP contribution in [0, 0.1) is 5.82 Å². The number of nitrogens with zero attached hydrogens (tertiary/aromatic N) is 1. The van der Waals surface area contributed by atoms with Gasteiger partial charge in [0.05, 0.1) is 4.90 Å². The molecule has 0 amide bonds. The molecule has 1 aliphatic heterocycles. The fourth-order valence-corrected chi connectivity index (χ4v) is 6.02. The van der Waals surface area contributed by atoms with Gasteiger partial charge in [0.15, 0.2) is 0 Å². The number of alkyl halides is 1. The molecule has 2 unspecified atom stereocenters. The van der Waals surface area contributed by atoms with Crippen molar-refractivity contribution in [1.82, 2.24) is 4.31 Å². The van der Waals surface area contributed by atoms with E-state index in [9.17, 15) is 12.8 Å². The van der Waals surface area contributed by atoms with Crippen LogP contribution in [0.5, 0.6) is 0 Å². The van der Waals surface area contributed by atoms with E-state index in [1.54, 1.807) is 11.8 Å². The van der Waals surface area contributed by atoms with Crippen LogP contribution < -0.4 is 0 Å². The summed E-state index contributed by atoms with van der Waals surface area (Å²) in [6, 6.07) is 3.72. The van der Waals surface area contributed by atoms with Crippen molar-refractivity contribution < 1.29 is 12.8 Å². The van der Waals surface area contributed by atoms with E-state index >= 15 is 0 Å². The third kappa shape index (κ3) is 3.30. The van der Waals surface area contributed by atoms with E-state index in [2.05, 4.69) is 0 Å². The third-order valence-electron chi connectivity index (χ3n) is 3.18. The lowest BCUT2D eigenvalue weighted by molar-refractivity contribution is 0.404. The average Bonchev–Trinajstić information content (AvgIpc) is 2.37. The number of benzene rings is 1. The number of halogens is 2. The zero-order valence-electron chi connectivity index (χ0n) is 11.3. The maximum atomic E-state index is 13.4. The van der Waals surface area contributed by atoms with Crippen molar-refractivity contribution in [3.8, 4) is 0 Å². The first-order chi connectivity index (χ1) is 9.34. The van der Waals surface area contributed by atoms with Crippen molar-refractivity contribution in [2.45, 2.75) is 35.1 Å². The Balaban J connectivity index is 2.42. The summed E-state index contributed by atoms with van der Waals surface area (Å²) in [5.74, 6) is -0.521. The highest BCUT2D eigenvalue weighted by atomic mass is 35.5. The second-order valence-electron chi connectivity index (χ2n) is 4.97. The van der Waals surface area contributed by atoms with Crippen molar-refractivity contribution in [2.24, 2.45) is 0 Å². The summed E-state index contributed by atoms with van der Waals surface area (Å²) in [6.45, 7) is 4.87. The maximum Gasteiger partial charge on any atom is 0.243 e. The van der Waals surface area contributed by atoms with Gasteiger partial charge in [0, 0.05) is 29.5 Å². The Labute approximate surface area is 128 Å². The molecule has 1 aromatic carbocycles. The van der Waals surface area contributed by atoms with Gasteiger partial charge in [-0.25, -0.2) is 12.8 Å². The van der Waals surface area contributed by atoms with Gasteiger partial charge in [0.25, 0.3) is 0 Å². The molecule has 2 rings (SSSR count). The third-order valence-corrected chi connectivity index (χ3v) is 6.61. The SMILES string of the molecule is CC1CN(S(=O)(=O)c2cc(F)ccc2CCl)CC(C)S1. The second kappa shape index (κ2) is 6.22. The molecule has 0 spiro atoms. The van der Waals surface area contributed by atoms with Gasteiger partial charge < -0.3 is 0 Å². The van der Waals surface area contributed by atoms with Crippen molar-refractivity contribution in [2.75, 3.05) is 13.1 Å². The van der Waals surface area contributed by atoms with Crippen LogP contribution in [0.3, 0.4) is 0 Å². The van der Waals surface area contributed by atoms with Gasteiger partial charge in [-0.1, -0.05) is 19.9 Å². The minimum absolute atomic E-state index is 0.0150. The molecule has 1 aromatic rings. The van der Waals surface area contributed by atoms with Crippen molar-refractivity contribution in [3.05, 3.63) is 29.6 Å². The fraction of sp³-hybridized carbons (Fsp3) is 0.538. The molecule has 2 atom stereocenters. The summed E-state index contributed by atoms with van der Waals surface area (Å²) >= 11 is 7.54. The van der Waals surface area contributed by atoms with Crippen molar-refractivity contribution in [3.63, 3.8) is 0 Å². The van der Waals surface area contributed by atoms with Gasteiger partial charge >= 0.3 is 0 Å². The molecule has 0 aromatic heterocycles. The van der Waals surface area contributed by atoms with Crippen molar-refractivity contribution in [1.29, 1.82) is 0 Å². The molecule has 0 aliphatic carbocycles. The number of thioether (sulfide) groups is 1. The van der Waals surface area contributed by atoms with E-state index in [1.165, 1.54) is 16.4 Å². The van der Waals surface area contributed by atoms with Gasteiger partial charge in [-0.15, -0.1) is 11.6 Å². The van der Waals surface area contributed by atoms with Gasteiger partial charge in [0.2, 0.25) is 10.0 Å². The maximum absolute atomic E-state index is 13.4. The monoisotopic (exact) mass is 337 g/mol. The van der Waals surface area contributed by atoms with Crippen LogP contribution >= 0.6 is 23.4 Å². The predicted octanol–water partition coefficient (Wildman–Crippen LogP) is 3.08. The summed E-state index contributed by atoms with van der Waals surface area (Å²) < 4.78 is 40.2. The van der Waals surface area contributed by atoms with Crippen LogP contribution in [0.15, 0.2) is 23.1 Å². The molecule has 1 heterocycles. The van der Waals surface area contributed by atoms with E-state index in [0.29, 0.717) is 18.7 Å². The molecule has 7 heteroatoms. The zero-order chi connectivity index (χ0) is 14.9. The minimum atomic E-state index is -3.70. The number of rotatable bonds is 3. The molecule has 0 N–H and O–H groups in total. The van der Waals surface area contributed by atoms with Crippen molar-refractivity contribution >= 4 is 33.4 Å². The molecule has 0 saturated carbocycles. The van der Waals surface area contributed by atoms with E-state index < -0.39 is 15.8 Å². The highest BCUT2D eigenvalue weighted by Gasteiger charge is 2.33. The van der Waals surface area contributed by atoms with Crippen LogP contribution in [0.25, 0.3) is 0 Å². The standard InChI is InChI=1S/C13H17ClFNO2S2/c1-9-7-16(8-10(2)19-9)20(17,18)13-5-12(15)4-3-11(13)6-14/h3-5,9-10H,6-8H2,1-2H3. The number of sulfonamides is 1. The van der Waals surface area contributed by atoms with Crippen LogP contribution in [-0.4, -0.2) is 36.3 Å². The first kappa shape index (κ1) is 16.1. The van der Waals surface area contributed by atoms with Gasteiger partial charge in [-0.2, -0.15) is 16.1 Å². The normalized spacial score (nSPS) is 24.8. The Morgan fingerprint density at radius 3 is 2.50 bits per heavy atom. The van der Waals surface area contributed by atoms with E-state index in [4.69, 9.17) is 11.6 Å². The topological polar surface area (TPSA) is 37.4 Å². The van der Waals surface area contributed by atoms with Gasteiger partial charge in [-0.3, -0.25) is 0 Å². The highest BCUT2D eigenvalue weighted by Crippen LogP contribution is 2.30. The first-order valence-electron chi connectivity index (χ1n) is 6.34. The van der Waals surface area contributed by atoms with Crippen LogP contribution in [0.2, 0.25) is 0 Å². The van der Waals surface area contributed by atoms with E-state index in [1.807, 2.05) is 13.8 Å². The lowest BCUT2D eigenvalue weighted by atomic mass is 10.2. The Kier molecular flexibility index (Phi) is 5.00. The lowest BCUT2D eigenvalue weighted by Gasteiger charge is -2.34. The second-order valence-corrected chi connectivity index (χ2v) is 9.02. The number of hydrogen-bond acceptors (Lipinski definition) is 3. The molecule has 0 bridgehead atoms. The summed E-state index contributed by atoms with van der Waals surface area (Å²) in [5.41, 5.74) is 0.437. The predicted molar refractivity (Wildman–Crippen MR) is 81.2 cm³/mol. The summed E-state index contributed by atoms with van der Waals surface area (Å²) in [4.78, 5) is -0.0150. The van der Waals surface area contributed by atoms with E-state index in [-0.39, 0.29) is 21.3 Å². The molecule has 1 fully saturated rings. The lowest BCUT2D eigenvalue weighted by Crippen LogP contribution is -2.44. The van der Waals surface area contributed by atoms with Crippen LogP contribution in [-0.2, 0) is 15.9 Å². The smallest absolute Gasteiger partial charge is 0.207 e. The molecule has 0 radical (unpaired) electrons. The summed E-state index contributed by atoms with van der Waals surface area (Å²) in [5, 5.41) is 0.447. The fourth-order valence-electron chi connectivity index (χ4n) is 2.34.